The molecule has 0 amide bonds. The molecule has 1 aromatic carbocycles. The maximum absolute atomic E-state index is 4.02. The van der Waals surface area contributed by atoms with Crippen LogP contribution in [0.4, 0.5) is 5.69 Å². The second-order valence-corrected chi connectivity index (χ2v) is 2.52. The van der Waals surface area contributed by atoms with Gasteiger partial charge in [0.05, 0.1) is 11.7 Å². The second kappa shape index (κ2) is 4.47. The third kappa shape index (κ3) is 2.69. The third-order valence-electron chi connectivity index (χ3n) is 1.44. The van der Waals surface area contributed by atoms with Gasteiger partial charge in [-0.3, -0.25) is 0 Å². The third-order valence-corrected chi connectivity index (χ3v) is 1.44. The Morgan fingerprint density at radius 3 is 2.50 bits per heavy atom. The van der Waals surface area contributed by atoms with Gasteiger partial charge in [0.25, 0.3) is 0 Å². The molecule has 0 radical (unpaired) electrons. The minimum absolute atomic E-state index is 0.732. The highest BCUT2D eigenvalue weighted by molar-refractivity contribution is 5.52. The molecule has 0 unspecified atom stereocenters. The average molecular weight is 160 g/mol. The predicted octanol–water partition coefficient (Wildman–Crippen LogP) is 2.82. The first-order valence-corrected chi connectivity index (χ1v) is 4.02. The molecule has 0 aromatic heterocycles. The number of nitrogens with zero attached hydrogens (tertiary/aromatic N) is 2. The zero-order valence-corrected chi connectivity index (χ0v) is 7.41. The number of hydrogen-bond donors (Lipinski definition) is 0. The van der Waals surface area contributed by atoms with Crippen molar-refractivity contribution in [3.8, 4) is 0 Å². The first-order valence-electron chi connectivity index (χ1n) is 4.02. The lowest BCUT2D eigenvalue weighted by Crippen LogP contribution is -1.69. The highest BCUT2D eigenvalue weighted by atomic mass is 14.8. The van der Waals surface area contributed by atoms with Gasteiger partial charge in [0, 0.05) is 6.54 Å². The van der Waals surface area contributed by atoms with Crippen molar-refractivity contribution in [2.24, 2.45) is 9.98 Å². The summed E-state index contributed by atoms with van der Waals surface area (Å²) < 4.78 is 0. The first-order chi connectivity index (χ1) is 5.83. The molecule has 0 saturated heterocycles. The Hall–Kier alpha value is -1.40. The van der Waals surface area contributed by atoms with Gasteiger partial charge in [-0.05, 0) is 26.0 Å². The van der Waals surface area contributed by atoms with Crippen LogP contribution in [0, 0.1) is 6.92 Å². The van der Waals surface area contributed by atoms with E-state index in [1.54, 1.807) is 0 Å². The summed E-state index contributed by atoms with van der Waals surface area (Å²) in [6, 6.07) is 10.6. The molecule has 62 valence electrons. The fourth-order valence-electron chi connectivity index (χ4n) is 0.783. The summed E-state index contributed by atoms with van der Waals surface area (Å²) in [4.78, 5) is 7.89. The van der Waals surface area contributed by atoms with Gasteiger partial charge in [0.15, 0.2) is 0 Å². The molecule has 0 aliphatic rings. The molecular weight excluding hydrogens is 148 g/mol. The van der Waals surface area contributed by atoms with E-state index >= 15 is 0 Å². The standard InChI is InChI=1S/C10H12N2/c1-3-11-8-12-10-6-4-9(2)5-7-10/h4-7H,3H2,1-2H3. The molecule has 0 heterocycles. The van der Waals surface area contributed by atoms with Crippen molar-refractivity contribution < 1.29 is 0 Å². The van der Waals surface area contributed by atoms with Gasteiger partial charge in [-0.2, -0.15) is 4.99 Å². The number of rotatable bonds is 2. The summed E-state index contributed by atoms with van der Waals surface area (Å²) in [5.41, 5.74) is 2.14. The topological polar surface area (TPSA) is 24.7 Å². The fourth-order valence-corrected chi connectivity index (χ4v) is 0.783. The summed E-state index contributed by atoms with van der Waals surface area (Å²) in [6.45, 7) is 4.74. The van der Waals surface area contributed by atoms with Crippen LogP contribution in [0.5, 0.6) is 0 Å². The zero-order valence-electron chi connectivity index (χ0n) is 7.41. The summed E-state index contributed by atoms with van der Waals surface area (Å²) in [5.74, 6) is 0. The van der Waals surface area contributed by atoms with Gasteiger partial charge in [0.2, 0.25) is 0 Å². The van der Waals surface area contributed by atoms with E-state index in [2.05, 4.69) is 16.0 Å². The van der Waals surface area contributed by atoms with Crippen LogP contribution in [0.25, 0.3) is 0 Å². The van der Waals surface area contributed by atoms with E-state index in [0.717, 1.165) is 12.2 Å². The number of aliphatic imine (C=N–C) groups is 2. The van der Waals surface area contributed by atoms with Gasteiger partial charge in [-0.1, -0.05) is 17.7 Å². The van der Waals surface area contributed by atoms with Gasteiger partial charge in [-0.15, -0.1) is 0 Å². The number of benzene rings is 1. The van der Waals surface area contributed by atoms with E-state index in [4.69, 9.17) is 0 Å². The molecule has 2 nitrogen and oxygen atoms in total. The molecule has 0 fully saturated rings. The minimum atomic E-state index is 0.732. The maximum atomic E-state index is 4.02. The Morgan fingerprint density at radius 1 is 1.25 bits per heavy atom. The van der Waals surface area contributed by atoms with E-state index in [0.29, 0.717) is 0 Å². The molecule has 0 saturated carbocycles. The molecule has 0 atom stereocenters. The molecule has 1 rings (SSSR count). The Bertz CT molecular complexity index is 292. The molecular formula is C10H12N2. The van der Waals surface area contributed by atoms with Crippen molar-refractivity contribution >= 4 is 11.7 Å². The smallest absolute Gasteiger partial charge is 0.0948 e. The summed E-state index contributed by atoms with van der Waals surface area (Å²) >= 11 is 0. The Morgan fingerprint density at radius 2 is 1.92 bits per heavy atom. The lowest BCUT2D eigenvalue weighted by Gasteiger charge is -1.90. The highest BCUT2D eigenvalue weighted by Gasteiger charge is 1.85. The molecule has 0 aliphatic heterocycles. The summed E-state index contributed by atoms with van der Waals surface area (Å²) in [5, 5.41) is 0. The average Bonchev–Trinajstić information content (AvgIpc) is 2.09. The number of aryl methyl sites for hydroxylation is 1. The van der Waals surface area contributed by atoms with Gasteiger partial charge < -0.3 is 0 Å². The van der Waals surface area contributed by atoms with Gasteiger partial charge in [-0.25, -0.2) is 4.99 Å². The van der Waals surface area contributed by atoms with Crippen molar-refractivity contribution in [2.45, 2.75) is 13.8 Å². The monoisotopic (exact) mass is 160 g/mol. The van der Waals surface area contributed by atoms with Crippen LogP contribution in [0.15, 0.2) is 34.3 Å². The van der Waals surface area contributed by atoms with E-state index in [1.165, 1.54) is 5.56 Å². The van der Waals surface area contributed by atoms with E-state index in [1.807, 2.05) is 38.1 Å². The number of hydrogen-bond acceptors (Lipinski definition) is 2. The SMILES string of the molecule is CCN=C=Nc1ccc(C)cc1. The van der Waals surface area contributed by atoms with Crippen LogP contribution >= 0.6 is 0 Å². The molecule has 1 aromatic rings. The summed E-state index contributed by atoms with van der Waals surface area (Å²) in [6.07, 6.45) is 0. The van der Waals surface area contributed by atoms with Crippen LogP contribution in [0.2, 0.25) is 0 Å². The quantitative estimate of drug-likeness (QED) is 0.594. The second-order valence-electron chi connectivity index (χ2n) is 2.52. The van der Waals surface area contributed by atoms with E-state index < -0.39 is 0 Å². The first kappa shape index (κ1) is 8.69. The van der Waals surface area contributed by atoms with E-state index in [9.17, 15) is 0 Å². The van der Waals surface area contributed by atoms with Crippen molar-refractivity contribution in [3.05, 3.63) is 29.8 Å². The van der Waals surface area contributed by atoms with Gasteiger partial charge >= 0.3 is 0 Å². The molecule has 0 bridgehead atoms. The Kier molecular flexibility index (Phi) is 3.24. The largest absolute Gasteiger partial charge is 0.226 e. The van der Waals surface area contributed by atoms with Crippen LogP contribution in [0.1, 0.15) is 12.5 Å². The van der Waals surface area contributed by atoms with Gasteiger partial charge in [0.1, 0.15) is 0 Å². The van der Waals surface area contributed by atoms with Crippen LogP contribution in [0.3, 0.4) is 0 Å². The summed E-state index contributed by atoms with van der Waals surface area (Å²) in [7, 11) is 0. The van der Waals surface area contributed by atoms with Crippen molar-refractivity contribution in [1.29, 1.82) is 0 Å². The molecule has 0 N–H and O–H groups in total. The predicted molar refractivity (Wildman–Crippen MR) is 51.2 cm³/mol. The highest BCUT2D eigenvalue weighted by Crippen LogP contribution is 2.10. The maximum Gasteiger partial charge on any atom is 0.0948 e. The van der Waals surface area contributed by atoms with E-state index in [-0.39, 0.29) is 0 Å². The van der Waals surface area contributed by atoms with Crippen molar-refractivity contribution in [1.82, 2.24) is 0 Å². The van der Waals surface area contributed by atoms with Crippen LogP contribution in [-0.4, -0.2) is 12.6 Å². The Balaban J connectivity index is 2.77. The minimum Gasteiger partial charge on any atom is -0.226 e. The zero-order chi connectivity index (χ0) is 8.81. The fraction of sp³-hybridized carbons (Fsp3) is 0.300. The Labute approximate surface area is 72.7 Å². The van der Waals surface area contributed by atoms with Crippen LogP contribution in [-0.2, 0) is 0 Å². The molecule has 0 spiro atoms. The lowest BCUT2D eigenvalue weighted by molar-refractivity contribution is 1.14. The van der Waals surface area contributed by atoms with Crippen molar-refractivity contribution in [2.75, 3.05) is 6.54 Å². The molecule has 0 aliphatic carbocycles. The lowest BCUT2D eigenvalue weighted by atomic mass is 10.2. The van der Waals surface area contributed by atoms with Crippen LogP contribution < -0.4 is 0 Å². The molecule has 2 heteroatoms. The molecule has 12 heavy (non-hydrogen) atoms. The van der Waals surface area contributed by atoms with Crippen molar-refractivity contribution in [3.63, 3.8) is 0 Å². The normalized spacial score (nSPS) is 8.83.